The molecule has 1 aromatic carbocycles. The summed E-state index contributed by atoms with van der Waals surface area (Å²) in [6, 6.07) is 5.69. The van der Waals surface area contributed by atoms with Crippen LogP contribution in [0.1, 0.15) is 27.4 Å². The van der Waals surface area contributed by atoms with E-state index in [0.29, 0.717) is 0 Å². The molecule has 2 nitrogen and oxygen atoms in total. The van der Waals surface area contributed by atoms with Crippen LogP contribution in [0.3, 0.4) is 0 Å². The van der Waals surface area contributed by atoms with Crippen LogP contribution in [0, 0.1) is 0 Å². The van der Waals surface area contributed by atoms with Crippen LogP contribution >= 0.6 is 11.3 Å². The van der Waals surface area contributed by atoms with Crippen LogP contribution in [0.2, 0.25) is 0 Å². The van der Waals surface area contributed by atoms with E-state index in [2.05, 4.69) is 10.3 Å². The number of halogens is 3. The van der Waals surface area contributed by atoms with E-state index in [-0.39, 0.29) is 12.0 Å². The number of nitrogens with zero attached hydrogens (tertiary/aromatic N) is 1. The summed E-state index contributed by atoms with van der Waals surface area (Å²) < 4.78 is 38.8. The summed E-state index contributed by atoms with van der Waals surface area (Å²) in [6.45, 7) is 0.921. The van der Waals surface area contributed by atoms with Gasteiger partial charge in [0, 0.05) is 17.5 Å². The van der Waals surface area contributed by atoms with Crippen LogP contribution in [0.15, 0.2) is 30.5 Å². The van der Waals surface area contributed by atoms with E-state index in [9.17, 15) is 13.2 Å². The Morgan fingerprint density at radius 3 is 2.71 bits per heavy atom. The predicted molar refractivity (Wildman–Crippen MR) is 78.6 cm³/mol. The summed E-state index contributed by atoms with van der Waals surface area (Å²) >= 11 is 1.49. The van der Waals surface area contributed by atoms with Crippen molar-refractivity contribution in [2.45, 2.75) is 25.4 Å². The third-order valence-electron chi connectivity index (χ3n) is 3.12. The molecule has 2 aromatic rings. The van der Waals surface area contributed by atoms with Crippen LogP contribution < -0.4 is 5.32 Å². The van der Waals surface area contributed by atoms with Gasteiger partial charge in [-0.3, -0.25) is 0 Å². The quantitative estimate of drug-likeness (QED) is 0.818. The number of alkyl halides is 3. The minimum Gasteiger partial charge on any atom is -0.320 e. The minimum absolute atomic E-state index is 0.229. The minimum atomic E-state index is -4.32. The molecule has 0 radical (unpaired) electrons. The number of aromatic nitrogens is 1. The molecule has 114 valence electrons. The fourth-order valence-corrected chi connectivity index (χ4v) is 3.09. The van der Waals surface area contributed by atoms with E-state index in [1.165, 1.54) is 23.5 Å². The normalized spacial score (nSPS) is 11.8. The summed E-state index contributed by atoms with van der Waals surface area (Å²) in [4.78, 5) is 5.36. The van der Waals surface area contributed by atoms with Crippen LogP contribution in [-0.4, -0.2) is 18.6 Å². The molecule has 0 saturated carbocycles. The second-order valence-corrected chi connectivity index (χ2v) is 5.96. The Balaban J connectivity index is 2.09. The fraction of sp³-hybridized carbons (Fsp3) is 0.400. The van der Waals surface area contributed by atoms with Gasteiger partial charge in [0.05, 0.1) is 10.6 Å². The van der Waals surface area contributed by atoms with Crippen molar-refractivity contribution in [2.24, 2.45) is 0 Å². The molecule has 0 fully saturated rings. The maximum absolute atomic E-state index is 12.9. The molecule has 0 bridgehead atoms. The van der Waals surface area contributed by atoms with Gasteiger partial charge in [0.15, 0.2) is 0 Å². The largest absolute Gasteiger partial charge is 0.416 e. The number of benzene rings is 1. The molecule has 21 heavy (non-hydrogen) atoms. The Morgan fingerprint density at radius 1 is 1.24 bits per heavy atom. The molecular weight excluding hydrogens is 297 g/mol. The molecule has 0 aliphatic rings. The van der Waals surface area contributed by atoms with Gasteiger partial charge in [-0.25, -0.2) is 4.98 Å². The van der Waals surface area contributed by atoms with Crippen LogP contribution in [0.4, 0.5) is 13.2 Å². The zero-order valence-corrected chi connectivity index (χ0v) is 12.5. The second kappa shape index (κ2) is 7.04. The highest BCUT2D eigenvalue weighted by Gasteiger charge is 2.32. The van der Waals surface area contributed by atoms with E-state index in [0.717, 1.165) is 35.3 Å². The van der Waals surface area contributed by atoms with Gasteiger partial charge in [-0.15, -0.1) is 11.3 Å². The molecule has 0 spiro atoms. The second-order valence-electron chi connectivity index (χ2n) is 4.76. The summed E-state index contributed by atoms with van der Waals surface area (Å²) in [5.41, 5.74) is -0.293. The lowest BCUT2D eigenvalue weighted by Gasteiger charge is -2.11. The maximum Gasteiger partial charge on any atom is 0.416 e. The van der Waals surface area contributed by atoms with Gasteiger partial charge < -0.3 is 5.32 Å². The molecule has 0 atom stereocenters. The standard InChI is InChI=1S/C15H17F3N2S/c1-19-8-4-6-12-10-20-14(21-12)9-11-5-2-3-7-13(11)15(16,17)18/h2-3,5,7,10,19H,4,6,8-9H2,1H3. The summed E-state index contributed by atoms with van der Waals surface area (Å²) in [5.74, 6) is 0. The Hall–Kier alpha value is -1.40. The Bertz CT molecular complexity index is 578. The molecule has 1 N–H and O–H groups in total. The van der Waals surface area contributed by atoms with Gasteiger partial charge in [0.25, 0.3) is 0 Å². The van der Waals surface area contributed by atoms with Crippen molar-refractivity contribution in [3.05, 3.63) is 51.5 Å². The van der Waals surface area contributed by atoms with E-state index in [4.69, 9.17) is 0 Å². The highest BCUT2D eigenvalue weighted by molar-refractivity contribution is 7.11. The number of nitrogens with one attached hydrogen (secondary N) is 1. The van der Waals surface area contributed by atoms with E-state index < -0.39 is 11.7 Å². The molecule has 0 saturated heterocycles. The third kappa shape index (κ3) is 4.54. The van der Waals surface area contributed by atoms with Gasteiger partial charge >= 0.3 is 6.18 Å². The van der Waals surface area contributed by atoms with Gasteiger partial charge in [-0.1, -0.05) is 18.2 Å². The Morgan fingerprint density at radius 2 is 2.00 bits per heavy atom. The van der Waals surface area contributed by atoms with Crippen molar-refractivity contribution < 1.29 is 13.2 Å². The van der Waals surface area contributed by atoms with Crippen molar-refractivity contribution in [2.75, 3.05) is 13.6 Å². The van der Waals surface area contributed by atoms with Crippen molar-refractivity contribution in [3.8, 4) is 0 Å². The molecular formula is C15H17F3N2S. The number of hydrogen-bond donors (Lipinski definition) is 1. The molecule has 0 unspecified atom stereocenters. The maximum atomic E-state index is 12.9. The number of aryl methyl sites for hydroxylation is 1. The SMILES string of the molecule is CNCCCc1cnc(Cc2ccccc2C(F)(F)F)s1. The van der Waals surface area contributed by atoms with Gasteiger partial charge in [0.2, 0.25) is 0 Å². The molecule has 0 aliphatic carbocycles. The molecule has 1 aromatic heterocycles. The van der Waals surface area contributed by atoms with Crippen molar-refractivity contribution in [1.82, 2.24) is 10.3 Å². The highest BCUT2D eigenvalue weighted by atomic mass is 32.1. The van der Waals surface area contributed by atoms with Crippen LogP contribution in [-0.2, 0) is 19.0 Å². The highest BCUT2D eigenvalue weighted by Crippen LogP contribution is 2.33. The van der Waals surface area contributed by atoms with Crippen molar-refractivity contribution >= 4 is 11.3 Å². The first-order chi connectivity index (χ1) is 10.0. The topological polar surface area (TPSA) is 24.9 Å². The van der Waals surface area contributed by atoms with E-state index >= 15 is 0 Å². The van der Waals surface area contributed by atoms with Crippen LogP contribution in [0.25, 0.3) is 0 Å². The van der Waals surface area contributed by atoms with Gasteiger partial charge in [0.1, 0.15) is 0 Å². The fourth-order valence-electron chi connectivity index (χ4n) is 2.10. The number of thiazole rings is 1. The van der Waals surface area contributed by atoms with Gasteiger partial charge in [-0.2, -0.15) is 13.2 Å². The lowest BCUT2D eigenvalue weighted by Crippen LogP contribution is -2.09. The average Bonchev–Trinajstić information content (AvgIpc) is 2.86. The summed E-state index contributed by atoms with van der Waals surface area (Å²) in [5, 5.41) is 3.80. The lowest BCUT2D eigenvalue weighted by atomic mass is 10.0. The Kier molecular flexibility index (Phi) is 5.36. The zero-order valence-electron chi connectivity index (χ0n) is 11.7. The third-order valence-corrected chi connectivity index (χ3v) is 4.17. The molecule has 2 rings (SSSR count). The number of rotatable bonds is 6. The molecule has 0 aliphatic heterocycles. The smallest absolute Gasteiger partial charge is 0.320 e. The van der Waals surface area contributed by atoms with Crippen LogP contribution in [0.5, 0.6) is 0 Å². The first kappa shape index (κ1) is 16.0. The first-order valence-corrected chi connectivity index (χ1v) is 7.55. The number of hydrogen-bond acceptors (Lipinski definition) is 3. The van der Waals surface area contributed by atoms with Gasteiger partial charge in [-0.05, 0) is 38.1 Å². The predicted octanol–water partition coefficient (Wildman–Crippen LogP) is 3.90. The molecule has 6 heteroatoms. The van der Waals surface area contributed by atoms with E-state index in [1.807, 2.05) is 7.05 Å². The van der Waals surface area contributed by atoms with Crippen molar-refractivity contribution in [3.63, 3.8) is 0 Å². The summed E-state index contributed by atoms with van der Waals surface area (Å²) in [6.07, 6.45) is -0.418. The van der Waals surface area contributed by atoms with Crippen molar-refractivity contribution in [1.29, 1.82) is 0 Å². The zero-order chi connectivity index (χ0) is 15.3. The average molecular weight is 314 g/mol. The lowest BCUT2D eigenvalue weighted by molar-refractivity contribution is -0.138. The monoisotopic (exact) mass is 314 g/mol. The Labute approximate surface area is 126 Å². The molecule has 1 heterocycles. The molecule has 0 amide bonds. The van der Waals surface area contributed by atoms with E-state index in [1.54, 1.807) is 12.3 Å². The first-order valence-electron chi connectivity index (χ1n) is 6.74. The summed E-state index contributed by atoms with van der Waals surface area (Å²) in [7, 11) is 1.90.